The molecule has 6 heteroatoms. The number of carbonyl (C=O) groups is 1. The van der Waals surface area contributed by atoms with E-state index in [9.17, 15) is 4.79 Å². The number of unbranched alkanes of at least 4 members (excludes halogenated alkanes) is 3. The fourth-order valence-corrected chi connectivity index (χ4v) is 6.04. The zero-order valence-corrected chi connectivity index (χ0v) is 20.4. The van der Waals surface area contributed by atoms with Gasteiger partial charge in [-0.05, 0) is 61.8 Å². The Morgan fingerprint density at radius 1 is 1.14 bits per heavy atom. The van der Waals surface area contributed by atoms with Gasteiger partial charge >= 0.3 is 0 Å². The minimum absolute atomic E-state index is 0.0835. The molecule has 1 unspecified atom stereocenters. The lowest BCUT2D eigenvalue weighted by Crippen LogP contribution is -2.23. The maximum absolute atomic E-state index is 12.7. The van der Waals surface area contributed by atoms with Crippen LogP contribution in [0.2, 0.25) is 0 Å². The predicted octanol–water partition coefficient (Wildman–Crippen LogP) is 6.49. The maximum Gasteiger partial charge on any atom is 0.205 e. The highest BCUT2D eigenvalue weighted by Crippen LogP contribution is 2.29. The molecule has 0 aliphatic rings. The molecule has 160 valence electrons. The number of thioether (sulfide) groups is 2. The molecular weight excluding hydrogens is 416 g/mol. The number of pyridine rings is 1. The molecule has 2 aromatic rings. The van der Waals surface area contributed by atoms with Crippen molar-refractivity contribution in [1.29, 1.82) is 0 Å². The van der Waals surface area contributed by atoms with Gasteiger partial charge in [-0.2, -0.15) is 11.8 Å². The number of thiophene rings is 1. The van der Waals surface area contributed by atoms with E-state index in [1.165, 1.54) is 62.4 Å². The van der Waals surface area contributed by atoms with E-state index in [-0.39, 0.29) is 5.78 Å². The van der Waals surface area contributed by atoms with Crippen LogP contribution in [0.3, 0.4) is 0 Å². The average molecular weight is 451 g/mol. The number of carbonyl (C=O) groups excluding carboxylic acids is 1. The van der Waals surface area contributed by atoms with Crippen LogP contribution in [0.4, 0.5) is 0 Å². The molecule has 1 atom stereocenters. The zero-order chi connectivity index (χ0) is 20.9. The molecule has 3 nitrogen and oxygen atoms in total. The van der Waals surface area contributed by atoms with E-state index in [0.29, 0.717) is 5.25 Å². The van der Waals surface area contributed by atoms with E-state index in [4.69, 9.17) is 0 Å². The first-order chi connectivity index (χ1) is 14.2. The van der Waals surface area contributed by atoms with Gasteiger partial charge in [0.05, 0.1) is 10.4 Å². The molecular formula is C23H34N2OS3. The number of hydrogen-bond acceptors (Lipinski definition) is 6. The first-order valence-corrected chi connectivity index (χ1v) is 13.6. The van der Waals surface area contributed by atoms with Gasteiger partial charge in [0, 0.05) is 17.2 Å². The van der Waals surface area contributed by atoms with E-state index < -0.39 is 0 Å². The SMILES string of the molecule is CCN(CC)CCCCCCSCC(C)Sc1ncccc1C(=O)c1cccs1. The standard InChI is InChI=1S/C23H34N2OS3/c1-4-25(5-2)15-8-6-7-9-16-27-18-19(3)29-23-20(12-10-14-24-23)22(26)21-13-11-17-28-21/h10-14,17,19H,4-9,15-16,18H2,1-3H3. The lowest BCUT2D eigenvalue weighted by atomic mass is 10.1. The molecule has 0 spiro atoms. The van der Waals surface area contributed by atoms with Crippen molar-refractivity contribution in [2.45, 2.75) is 56.7 Å². The lowest BCUT2D eigenvalue weighted by Gasteiger charge is -2.17. The monoisotopic (exact) mass is 450 g/mol. The van der Waals surface area contributed by atoms with Crippen molar-refractivity contribution in [3.8, 4) is 0 Å². The summed E-state index contributed by atoms with van der Waals surface area (Å²) >= 11 is 5.24. The zero-order valence-electron chi connectivity index (χ0n) is 17.9. The predicted molar refractivity (Wildman–Crippen MR) is 131 cm³/mol. The highest BCUT2D eigenvalue weighted by atomic mass is 32.2. The van der Waals surface area contributed by atoms with Gasteiger partial charge in [-0.1, -0.05) is 39.7 Å². The Labute approximate surface area is 189 Å². The summed E-state index contributed by atoms with van der Waals surface area (Å²) in [5, 5.41) is 3.24. The van der Waals surface area contributed by atoms with E-state index in [2.05, 4.69) is 30.7 Å². The van der Waals surface area contributed by atoms with Gasteiger partial charge < -0.3 is 4.90 Å². The minimum Gasteiger partial charge on any atom is -0.304 e. The fraction of sp³-hybridized carbons (Fsp3) is 0.565. The summed E-state index contributed by atoms with van der Waals surface area (Å²) in [7, 11) is 0. The van der Waals surface area contributed by atoms with Crippen LogP contribution < -0.4 is 0 Å². The van der Waals surface area contributed by atoms with E-state index >= 15 is 0 Å². The largest absolute Gasteiger partial charge is 0.304 e. The highest BCUT2D eigenvalue weighted by Gasteiger charge is 2.17. The lowest BCUT2D eigenvalue weighted by molar-refractivity contribution is 0.103. The van der Waals surface area contributed by atoms with Crippen molar-refractivity contribution in [1.82, 2.24) is 9.88 Å². The van der Waals surface area contributed by atoms with Crippen LogP contribution in [-0.4, -0.2) is 52.1 Å². The Morgan fingerprint density at radius 2 is 1.93 bits per heavy atom. The summed E-state index contributed by atoms with van der Waals surface area (Å²) in [5.74, 6) is 2.40. The summed E-state index contributed by atoms with van der Waals surface area (Å²) in [6.07, 6.45) is 7.07. The van der Waals surface area contributed by atoms with Gasteiger partial charge in [0.25, 0.3) is 0 Å². The number of ketones is 1. The molecule has 0 aliphatic carbocycles. The fourth-order valence-electron chi connectivity index (χ4n) is 3.10. The highest BCUT2D eigenvalue weighted by molar-refractivity contribution is 8.03. The van der Waals surface area contributed by atoms with Crippen LogP contribution in [0.1, 0.15) is 61.7 Å². The van der Waals surface area contributed by atoms with Gasteiger partial charge in [0.1, 0.15) is 5.03 Å². The summed E-state index contributed by atoms with van der Waals surface area (Å²) in [5.41, 5.74) is 0.727. The second kappa shape index (κ2) is 14.2. The van der Waals surface area contributed by atoms with Crippen LogP contribution in [0.15, 0.2) is 40.9 Å². The van der Waals surface area contributed by atoms with Crippen LogP contribution in [-0.2, 0) is 0 Å². The van der Waals surface area contributed by atoms with E-state index in [1.807, 2.05) is 41.4 Å². The van der Waals surface area contributed by atoms with Crippen LogP contribution >= 0.6 is 34.9 Å². The van der Waals surface area contributed by atoms with Crippen molar-refractivity contribution in [3.05, 3.63) is 46.3 Å². The molecule has 0 bridgehead atoms. The molecule has 0 amide bonds. The molecule has 0 N–H and O–H groups in total. The average Bonchev–Trinajstić information content (AvgIpc) is 3.27. The van der Waals surface area contributed by atoms with E-state index in [0.717, 1.165) is 21.2 Å². The molecule has 0 saturated carbocycles. The smallest absolute Gasteiger partial charge is 0.205 e. The third kappa shape index (κ3) is 8.83. The Kier molecular flexibility index (Phi) is 12.0. The van der Waals surface area contributed by atoms with Crippen LogP contribution in [0, 0.1) is 0 Å². The van der Waals surface area contributed by atoms with Crippen molar-refractivity contribution < 1.29 is 4.79 Å². The molecule has 2 aromatic heterocycles. The molecule has 0 radical (unpaired) electrons. The van der Waals surface area contributed by atoms with Crippen LogP contribution in [0.5, 0.6) is 0 Å². The Morgan fingerprint density at radius 3 is 2.66 bits per heavy atom. The van der Waals surface area contributed by atoms with Crippen molar-refractivity contribution in [2.24, 2.45) is 0 Å². The third-order valence-electron chi connectivity index (χ3n) is 4.83. The second-order valence-electron chi connectivity index (χ2n) is 7.11. The first-order valence-electron chi connectivity index (χ1n) is 10.7. The van der Waals surface area contributed by atoms with Gasteiger partial charge in [0.15, 0.2) is 0 Å². The van der Waals surface area contributed by atoms with Crippen molar-refractivity contribution in [3.63, 3.8) is 0 Å². The summed E-state index contributed by atoms with van der Waals surface area (Å²) < 4.78 is 0. The number of rotatable bonds is 15. The Bertz CT molecular complexity index is 702. The summed E-state index contributed by atoms with van der Waals surface area (Å²) in [4.78, 5) is 20.5. The second-order valence-corrected chi connectivity index (χ2v) is 10.6. The maximum atomic E-state index is 12.7. The third-order valence-corrected chi connectivity index (χ3v) is 8.34. The Hall–Kier alpha value is -0.820. The van der Waals surface area contributed by atoms with Crippen molar-refractivity contribution in [2.75, 3.05) is 31.1 Å². The van der Waals surface area contributed by atoms with E-state index in [1.54, 1.807) is 18.0 Å². The molecule has 0 aromatic carbocycles. The molecule has 29 heavy (non-hydrogen) atoms. The first kappa shape index (κ1) is 24.4. The van der Waals surface area contributed by atoms with Gasteiger partial charge in [-0.3, -0.25) is 4.79 Å². The molecule has 2 rings (SSSR count). The normalized spacial score (nSPS) is 12.4. The molecule has 0 aliphatic heterocycles. The van der Waals surface area contributed by atoms with Gasteiger partial charge in [0.2, 0.25) is 5.78 Å². The van der Waals surface area contributed by atoms with Gasteiger partial charge in [-0.25, -0.2) is 4.98 Å². The van der Waals surface area contributed by atoms with Gasteiger partial charge in [-0.15, -0.1) is 23.1 Å². The quantitative estimate of drug-likeness (QED) is 0.176. The summed E-state index contributed by atoms with van der Waals surface area (Å²) in [6, 6.07) is 7.56. The minimum atomic E-state index is 0.0835. The molecule has 0 saturated heterocycles. The number of aromatic nitrogens is 1. The topological polar surface area (TPSA) is 33.2 Å². The number of hydrogen-bond donors (Lipinski definition) is 0. The summed E-state index contributed by atoms with van der Waals surface area (Å²) in [6.45, 7) is 10.3. The number of nitrogens with zero attached hydrogens (tertiary/aromatic N) is 2. The molecule has 2 heterocycles. The van der Waals surface area contributed by atoms with Crippen molar-refractivity contribution >= 4 is 40.6 Å². The van der Waals surface area contributed by atoms with Crippen LogP contribution in [0.25, 0.3) is 0 Å². The molecule has 0 fully saturated rings. The Balaban J connectivity index is 1.66.